The lowest BCUT2D eigenvalue weighted by Crippen LogP contribution is -1.98. The monoisotopic (exact) mass is 254 g/mol. The van der Waals surface area contributed by atoms with Gasteiger partial charge in [0.25, 0.3) is 0 Å². The molecule has 0 bridgehead atoms. The van der Waals surface area contributed by atoms with Gasteiger partial charge in [0.05, 0.1) is 7.11 Å². The molecule has 0 N–H and O–H groups in total. The zero-order chi connectivity index (χ0) is 11.5. The molecule has 0 atom stereocenters. The minimum absolute atomic E-state index is 0.170. The fourth-order valence-electron chi connectivity index (χ4n) is 1.14. The lowest BCUT2D eigenvalue weighted by Gasteiger charge is -1.93. The first kappa shape index (κ1) is 11.0. The molecule has 2 aromatic heterocycles. The van der Waals surface area contributed by atoms with Crippen LogP contribution in [-0.4, -0.2) is 23.0 Å². The zero-order valence-corrected chi connectivity index (χ0v) is 9.88. The fourth-order valence-corrected chi connectivity index (χ4v) is 2.35. The second-order valence-electron chi connectivity index (χ2n) is 2.87. The highest BCUT2D eigenvalue weighted by Crippen LogP contribution is 2.30. The normalized spacial score (nSPS) is 10.1. The molecule has 0 aliphatic heterocycles. The molecule has 2 rings (SSSR count). The number of ether oxygens (including phenoxy) is 1. The number of nitrogens with zero attached hydrogens (tertiary/aromatic N) is 2. The lowest BCUT2D eigenvalue weighted by molar-refractivity contribution is 0.0606. The first-order chi connectivity index (χ1) is 7.72. The van der Waals surface area contributed by atoms with Gasteiger partial charge in [-0.15, -0.1) is 11.3 Å². The van der Waals surface area contributed by atoms with Crippen LogP contribution in [0.1, 0.15) is 9.67 Å². The summed E-state index contributed by atoms with van der Waals surface area (Å²) in [6.07, 6.45) is 3.31. The Labute approximate surface area is 101 Å². The highest BCUT2D eigenvalue weighted by molar-refractivity contribution is 7.17. The summed E-state index contributed by atoms with van der Waals surface area (Å²) < 4.78 is 4.60. The van der Waals surface area contributed by atoms with E-state index >= 15 is 0 Å². The molecule has 0 amide bonds. The van der Waals surface area contributed by atoms with Gasteiger partial charge in [-0.3, -0.25) is 4.98 Å². The highest BCUT2D eigenvalue weighted by atomic mass is 35.5. The maximum Gasteiger partial charge on any atom is 0.351 e. The average molecular weight is 255 g/mol. The summed E-state index contributed by atoms with van der Waals surface area (Å²) >= 11 is 7.05. The van der Waals surface area contributed by atoms with Gasteiger partial charge in [0.15, 0.2) is 10.0 Å². The maximum atomic E-state index is 11.3. The van der Waals surface area contributed by atoms with E-state index in [1.165, 1.54) is 18.4 Å². The number of thiazole rings is 1. The van der Waals surface area contributed by atoms with Crippen LogP contribution in [0.25, 0.3) is 10.6 Å². The van der Waals surface area contributed by atoms with Crippen molar-refractivity contribution in [3.05, 3.63) is 34.6 Å². The molecule has 0 fully saturated rings. The van der Waals surface area contributed by atoms with Crippen molar-refractivity contribution < 1.29 is 9.53 Å². The first-order valence-corrected chi connectivity index (χ1v) is 5.57. The fraction of sp³-hybridized carbons (Fsp3) is 0.100. The van der Waals surface area contributed by atoms with Gasteiger partial charge in [-0.25, -0.2) is 9.78 Å². The smallest absolute Gasteiger partial charge is 0.351 e. The summed E-state index contributed by atoms with van der Waals surface area (Å²) in [6.45, 7) is 0. The van der Waals surface area contributed by atoms with Crippen LogP contribution in [0.15, 0.2) is 24.5 Å². The molecule has 0 radical (unpaired) electrons. The third-order valence-corrected chi connectivity index (χ3v) is 3.35. The highest BCUT2D eigenvalue weighted by Gasteiger charge is 2.17. The number of rotatable bonds is 2. The molecular weight excluding hydrogens is 248 g/mol. The Balaban J connectivity index is 2.42. The number of hydrogen-bond donors (Lipinski definition) is 0. The van der Waals surface area contributed by atoms with E-state index in [-0.39, 0.29) is 5.15 Å². The van der Waals surface area contributed by atoms with Crippen molar-refractivity contribution in [3.63, 3.8) is 0 Å². The van der Waals surface area contributed by atoms with E-state index in [1.807, 2.05) is 0 Å². The Morgan fingerprint density at radius 2 is 2.12 bits per heavy atom. The summed E-state index contributed by atoms with van der Waals surface area (Å²) in [5.74, 6) is -0.470. The second kappa shape index (κ2) is 4.59. The number of aromatic nitrogens is 2. The third kappa shape index (κ3) is 2.05. The van der Waals surface area contributed by atoms with Gasteiger partial charge in [0.1, 0.15) is 5.01 Å². The molecule has 16 heavy (non-hydrogen) atoms. The van der Waals surface area contributed by atoms with Gasteiger partial charge in [-0.1, -0.05) is 11.6 Å². The summed E-state index contributed by atoms with van der Waals surface area (Å²) in [6, 6.07) is 3.60. The number of hydrogen-bond acceptors (Lipinski definition) is 5. The summed E-state index contributed by atoms with van der Waals surface area (Å²) in [5, 5.41) is 0.844. The van der Waals surface area contributed by atoms with E-state index in [2.05, 4.69) is 14.7 Å². The Hall–Kier alpha value is -1.46. The summed E-state index contributed by atoms with van der Waals surface area (Å²) in [4.78, 5) is 19.7. The number of pyridine rings is 1. The predicted molar refractivity (Wildman–Crippen MR) is 61.7 cm³/mol. The van der Waals surface area contributed by atoms with E-state index in [4.69, 9.17) is 11.6 Å². The molecule has 0 saturated heterocycles. The van der Waals surface area contributed by atoms with Crippen LogP contribution < -0.4 is 0 Å². The third-order valence-electron chi connectivity index (χ3n) is 1.88. The van der Waals surface area contributed by atoms with E-state index < -0.39 is 5.97 Å². The SMILES string of the molecule is COC(=O)c1sc(-c2ccncc2)nc1Cl. The van der Waals surface area contributed by atoms with Gasteiger partial charge in [-0.05, 0) is 12.1 Å². The topological polar surface area (TPSA) is 52.1 Å². The predicted octanol–water partition coefficient (Wildman–Crippen LogP) is 2.65. The molecule has 82 valence electrons. The van der Waals surface area contributed by atoms with Gasteiger partial charge in [-0.2, -0.15) is 0 Å². The van der Waals surface area contributed by atoms with Gasteiger partial charge >= 0.3 is 5.97 Å². The Bertz CT molecular complexity index is 513. The van der Waals surface area contributed by atoms with Crippen molar-refractivity contribution >= 4 is 28.9 Å². The maximum absolute atomic E-state index is 11.3. The molecule has 2 aromatic rings. The molecule has 4 nitrogen and oxygen atoms in total. The molecule has 6 heteroatoms. The molecule has 0 aromatic carbocycles. The molecule has 0 aliphatic carbocycles. The summed E-state index contributed by atoms with van der Waals surface area (Å²) in [5.41, 5.74) is 0.872. The molecule has 0 aliphatic rings. The van der Waals surface area contributed by atoms with Crippen LogP contribution in [0.3, 0.4) is 0 Å². The van der Waals surface area contributed by atoms with Crippen molar-refractivity contribution in [3.8, 4) is 10.6 Å². The zero-order valence-electron chi connectivity index (χ0n) is 8.31. The first-order valence-electron chi connectivity index (χ1n) is 4.37. The van der Waals surface area contributed by atoms with Crippen LogP contribution in [0.2, 0.25) is 5.15 Å². The van der Waals surface area contributed by atoms with Crippen LogP contribution >= 0.6 is 22.9 Å². The van der Waals surface area contributed by atoms with Gasteiger partial charge in [0, 0.05) is 18.0 Å². The van der Waals surface area contributed by atoms with Gasteiger partial charge < -0.3 is 4.74 Å². The Morgan fingerprint density at radius 3 is 2.75 bits per heavy atom. The Kier molecular flexibility index (Phi) is 3.17. The number of carbonyl (C=O) groups excluding carboxylic acids is 1. The average Bonchev–Trinajstić information content (AvgIpc) is 2.71. The van der Waals surface area contributed by atoms with Crippen LogP contribution in [0.5, 0.6) is 0 Å². The van der Waals surface area contributed by atoms with Crippen LogP contribution in [-0.2, 0) is 4.74 Å². The van der Waals surface area contributed by atoms with E-state index in [9.17, 15) is 4.79 Å². The second-order valence-corrected chi connectivity index (χ2v) is 4.22. The van der Waals surface area contributed by atoms with Crippen LogP contribution in [0.4, 0.5) is 0 Å². The van der Waals surface area contributed by atoms with E-state index in [0.29, 0.717) is 9.88 Å². The minimum atomic E-state index is -0.470. The quantitative estimate of drug-likeness (QED) is 0.773. The number of esters is 1. The van der Waals surface area contributed by atoms with Crippen molar-refractivity contribution in [2.24, 2.45) is 0 Å². The molecule has 0 unspecified atom stereocenters. The number of carbonyl (C=O) groups is 1. The van der Waals surface area contributed by atoms with Gasteiger partial charge in [0.2, 0.25) is 0 Å². The van der Waals surface area contributed by atoms with Crippen molar-refractivity contribution in [2.45, 2.75) is 0 Å². The number of halogens is 1. The standard InChI is InChI=1S/C10H7ClN2O2S/c1-15-10(14)7-8(11)13-9(16-7)6-2-4-12-5-3-6/h2-5H,1H3. The van der Waals surface area contributed by atoms with Crippen molar-refractivity contribution in [2.75, 3.05) is 7.11 Å². The molecule has 0 saturated carbocycles. The molecule has 2 heterocycles. The molecule has 0 spiro atoms. The minimum Gasteiger partial charge on any atom is -0.465 e. The lowest BCUT2D eigenvalue weighted by atomic mass is 10.3. The Morgan fingerprint density at radius 1 is 1.44 bits per heavy atom. The largest absolute Gasteiger partial charge is 0.465 e. The van der Waals surface area contributed by atoms with Crippen molar-refractivity contribution in [1.29, 1.82) is 0 Å². The van der Waals surface area contributed by atoms with Crippen LogP contribution in [0, 0.1) is 0 Å². The number of methoxy groups -OCH3 is 1. The summed E-state index contributed by atoms with van der Waals surface area (Å²) in [7, 11) is 1.31. The van der Waals surface area contributed by atoms with E-state index in [0.717, 1.165) is 5.56 Å². The molecular formula is C10H7ClN2O2S. The van der Waals surface area contributed by atoms with Crippen molar-refractivity contribution in [1.82, 2.24) is 9.97 Å². The van der Waals surface area contributed by atoms with E-state index in [1.54, 1.807) is 24.5 Å².